The molecule has 2 N–H and O–H groups in total. The first kappa shape index (κ1) is 16.1. The topological polar surface area (TPSA) is 29.3 Å². The van der Waals surface area contributed by atoms with Crippen molar-refractivity contribution in [3.05, 3.63) is 58.0 Å². The number of nitrogens with zero attached hydrogens (tertiary/aromatic N) is 1. The summed E-state index contributed by atoms with van der Waals surface area (Å²) in [6.45, 7) is 7.13. The lowest BCUT2D eigenvalue weighted by Gasteiger charge is -2.37. The summed E-state index contributed by atoms with van der Waals surface area (Å²) in [6, 6.07) is 11.2. The van der Waals surface area contributed by atoms with E-state index in [4.69, 9.17) is 5.73 Å². The lowest BCUT2D eigenvalue weighted by molar-refractivity contribution is 0.128. The van der Waals surface area contributed by atoms with E-state index in [9.17, 15) is 4.39 Å². The Morgan fingerprint density at radius 1 is 1.19 bits per heavy atom. The van der Waals surface area contributed by atoms with Crippen LogP contribution >= 0.6 is 11.3 Å². The minimum Gasteiger partial charge on any atom is -0.326 e. The maximum atomic E-state index is 13.6. The molecule has 0 radical (unpaired) electrons. The van der Waals surface area contributed by atoms with Gasteiger partial charge >= 0.3 is 0 Å². The zero-order valence-electron chi connectivity index (χ0n) is 12.8. The van der Waals surface area contributed by atoms with Crippen LogP contribution in [0.15, 0.2) is 41.8 Å². The van der Waals surface area contributed by atoms with Gasteiger partial charge in [-0.25, -0.2) is 4.39 Å². The van der Waals surface area contributed by atoms with Crippen LogP contribution in [0, 0.1) is 5.82 Å². The zero-order valence-corrected chi connectivity index (χ0v) is 13.6. The number of thiophene rings is 1. The fourth-order valence-corrected chi connectivity index (χ4v) is 3.38. The summed E-state index contributed by atoms with van der Waals surface area (Å²) < 4.78 is 13.6. The second-order valence-corrected chi connectivity index (χ2v) is 6.74. The van der Waals surface area contributed by atoms with Crippen LogP contribution in [-0.4, -0.2) is 17.0 Å². The SMILES string of the molecule is CC(N)C(c1cccc(F)c1)N(Cc1cccs1)C(C)C. The van der Waals surface area contributed by atoms with Crippen LogP contribution in [0.4, 0.5) is 4.39 Å². The molecule has 1 heterocycles. The highest BCUT2D eigenvalue weighted by molar-refractivity contribution is 7.09. The van der Waals surface area contributed by atoms with Crippen LogP contribution in [0.1, 0.15) is 37.3 Å². The Labute approximate surface area is 130 Å². The fraction of sp³-hybridized carbons (Fsp3) is 0.412. The first-order valence-electron chi connectivity index (χ1n) is 7.28. The molecule has 1 aromatic carbocycles. The van der Waals surface area contributed by atoms with Crippen molar-refractivity contribution in [2.45, 2.75) is 45.4 Å². The van der Waals surface area contributed by atoms with Gasteiger partial charge in [-0.05, 0) is 49.9 Å². The third-order valence-electron chi connectivity index (χ3n) is 3.63. The van der Waals surface area contributed by atoms with Gasteiger partial charge in [-0.1, -0.05) is 18.2 Å². The molecule has 0 aliphatic heterocycles. The molecule has 0 fully saturated rings. The molecule has 114 valence electrons. The van der Waals surface area contributed by atoms with Crippen molar-refractivity contribution in [1.82, 2.24) is 4.90 Å². The van der Waals surface area contributed by atoms with E-state index in [-0.39, 0.29) is 17.9 Å². The van der Waals surface area contributed by atoms with Crippen molar-refractivity contribution in [1.29, 1.82) is 0 Å². The van der Waals surface area contributed by atoms with Gasteiger partial charge in [0.15, 0.2) is 0 Å². The van der Waals surface area contributed by atoms with Crippen molar-refractivity contribution < 1.29 is 4.39 Å². The number of benzene rings is 1. The Kier molecular flexibility index (Phi) is 5.51. The molecule has 2 aromatic rings. The second kappa shape index (κ2) is 7.16. The maximum absolute atomic E-state index is 13.6. The van der Waals surface area contributed by atoms with E-state index in [1.807, 2.05) is 13.0 Å². The first-order valence-corrected chi connectivity index (χ1v) is 8.16. The minimum atomic E-state index is -0.210. The van der Waals surface area contributed by atoms with Gasteiger partial charge in [0.25, 0.3) is 0 Å². The Morgan fingerprint density at radius 3 is 2.48 bits per heavy atom. The molecule has 0 aliphatic carbocycles. The Hall–Kier alpha value is -1.23. The molecule has 1 aromatic heterocycles. The van der Waals surface area contributed by atoms with Crippen LogP contribution in [0.3, 0.4) is 0 Å². The Balaban J connectivity index is 2.33. The summed E-state index contributed by atoms with van der Waals surface area (Å²) >= 11 is 1.74. The molecule has 2 unspecified atom stereocenters. The van der Waals surface area contributed by atoms with Crippen molar-refractivity contribution in [3.63, 3.8) is 0 Å². The summed E-state index contributed by atoms with van der Waals surface area (Å²) in [5.41, 5.74) is 7.17. The number of rotatable bonds is 6. The zero-order chi connectivity index (χ0) is 15.4. The van der Waals surface area contributed by atoms with E-state index in [1.165, 1.54) is 10.9 Å². The summed E-state index contributed by atoms with van der Waals surface area (Å²) in [5.74, 6) is -0.210. The Morgan fingerprint density at radius 2 is 1.95 bits per heavy atom. The largest absolute Gasteiger partial charge is 0.326 e. The molecule has 4 heteroatoms. The third kappa shape index (κ3) is 4.13. The van der Waals surface area contributed by atoms with E-state index in [1.54, 1.807) is 23.5 Å². The number of nitrogens with two attached hydrogens (primary N) is 1. The highest BCUT2D eigenvalue weighted by Crippen LogP contribution is 2.29. The molecule has 21 heavy (non-hydrogen) atoms. The van der Waals surface area contributed by atoms with Crippen LogP contribution in [0.5, 0.6) is 0 Å². The van der Waals surface area contributed by atoms with Gasteiger partial charge in [0.05, 0.1) is 6.04 Å². The first-order chi connectivity index (χ1) is 9.99. The number of hydrogen-bond donors (Lipinski definition) is 1. The number of hydrogen-bond acceptors (Lipinski definition) is 3. The van der Waals surface area contributed by atoms with E-state index >= 15 is 0 Å². The quantitative estimate of drug-likeness (QED) is 0.867. The molecule has 2 nitrogen and oxygen atoms in total. The van der Waals surface area contributed by atoms with Crippen LogP contribution < -0.4 is 5.73 Å². The molecule has 0 saturated carbocycles. The van der Waals surface area contributed by atoms with Gasteiger partial charge in [0.2, 0.25) is 0 Å². The van der Waals surface area contributed by atoms with Gasteiger partial charge < -0.3 is 5.73 Å². The van der Waals surface area contributed by atoms with Crippen LogP contribution in [-0.2, 0) is 6.54 Å². The van der Waals surface area contributed by atoms with Gasteiger partial charge in [0.1, 0.15) is 5.82 Å². The highest BCUT2D eigenvalue weighted by Gasteiger charge is 2.26. The van der Waals surface area contributed by atoms with Gasteiger partial charge in [-0.3, -0.25) is 4.90 Å². The molecule has 0 bridgehead atoms. The lowest BCUT2D eigenvalue weighted by Crippen LogP contribution is -2.42. The summed E-state index contributed by atoms with van der Waals surface area (Å²) in [6.07, 6.45) is 0. The van der Waals surface area contributed by atoms with E-state index < -0.39 is 0 Å². The predicted octanol–water partition coefficient (Wildman–Crippen LogP) is 4.19. The molecule has 2 atom stereocenters. The van der Waals surface area contributed by atoms with Crippen LogP contribution in [0.2, 0.25) is 0 Å². The normalized spacial score (nSPS) is 14.6. The molecule has 0 amide bonds. The van der Waals surface area contributed by atoms with Crippen molar-refractivity contribution in [3.8, 4) is 0 Å². The average molecular weight is 306 g/mol. The van der Waals surface area contributed by atoms with Crippen molar-refractivity contribution >= 4 is 11.3 Å². The van der Waals surface area contributed by atoms with Gasteiger partial charge in [-0.15, -0.1) is 11.3 Å². The second-order valence-electron chi connectivity index (χ2n) is 5.70. The molecule has 0 spiro atoms. The van der Waals surface area contributed by atoms with E-state index in [2.05, 4.69) is 36.3 Å². The molecular formula is C17H23FN2S. The van der Waals surface area contributed by atoms with Crippen molar-refractivity contribution in [2.75, 3.05) is 0 Å². The van der Waals surface area contributed by atoms with E-state index in [0.717, 1.165) is 12.1 Å². The number of halogens is 1. The van der Waals surface area contributed by atoms with Crippen LogP contribution in [0.25, 0.3) is 0 Å². The monoisotopic (exact) mass is 306 g/mol. The molecular weight excluding hydrogens is 283 g/mol. The van der Waals surface area contributed by atoms with Gasteiger partial charge in [-0.2, -0.15) is 0 Å². The molecule has 0 aliphatic rings. The maximum Gasteiger partial charge on any atom is 0.123 e. The lowest BCUT2D eigenvalue weighted by atomic mass is 9.97. The molecule has 2 rings (SSSR count). The standard InChI is InChI=1S/C17H23FN2S/c1-12(2)20(11-16-8-5-9-21-16)17(13(3)19)14-6-4-7-15(18)10-14/h4-10,12-13,17H,11,19H2,1-3H3. The van der Waals surface area contributed by atoms with E-state index in [0.29, 0.717) is 6.04 Å². The fourth-order valence-electron chi connectivity index (χ4n) is 2.67. The molecule has 0 saturated heterocycles. The highest BCUT2D eigenvalue weighted by atomic mass is 32.1. The summed E-state index contributed by atoms with van der Waals surface area (Å²) in [5, 5.41) is 2.08. The van der Waals surface area contributed by atoms with Gasteiger partial charge in [0, 0.05) is 23.5 Å². The van der Waals surface area contributed by atoms with Crippen molar-refractivity contribution in [2.24, 2.45) is 5.73 Å². The smallest absolute Gasteiger partial charge is 0.123 e. The third-order valence-corrected chi connectivity index (χ3v) is 4.49. The summed E-state index contributed by atoms with van der Waals surface area (Å²) in [7, 11) is 0. The average Bonchev–Trinajstić information content (AvgIpc) is 2.90. The Bertz CT molecular complexity index is 552. The minimum absolute atomic E-state index is 0.00259. The predicted molar refractivity (Wildman–Crippen MR) is 87.8 cm³/mol. The summed E-state index contributed by atoms with van der Waals surface area (Å²) in [4.78, 5) is 3.64.